The van der Waals surface area contributed by atoms with Crippen molar-refractivity contribution in [1.82, 2.24) is 0 Å². The number of carbonyl (C=O) groups is 1. The van der Waals surface area contributed by atoms with Crippen molar-refractivity contribution in [2.75, 3.05) is 35.5 Å². The molecular formula is C18H19BrO7. The summed E-state index contributed by atoms with van der Waals surface area (Å²) >= 11 is 3.36. The summed E-state index contributed by atoms with van der Waals surface area (Å²) in [4.78, 5) is 12.7. The molecule has 0 fully saturated rings. The summed E-state index contributed by atoms with van der Waals surface area (Å²) in [6, 6.07) is 6.49. The van der Waals surface area contributed by atoms with Gasteiger partial charge in [0.05, 0.1) is 45.6 Å². The first kappa shape index (κ1) is 19.7. The Morgan fingerprint density at radius 2 is 1.35 bits per heavy atom. The predicted octanol–water partition coefficient (Wildman–Crippen LogP) is 3.71. The lowest BCUT2D eigenvalue weighted by atomic mass is 10.1. The van der Waals surface area contributed by atoms with Crippen molar-refractivity contribution in [2.24, 2.45) is 0 Å². The van der Waals surface area contributed by atoms with E-state index in [0.29, 0.717) is 33.2 Å². The van der Waals surface area contributed by atoms with Crippen LogP contribution in [0.15, 0.2) is 28.7 Å². The molecule has 0 atom stereocenters. The number of hydrogen-bond donors (Lipinski definition) is 0. The highest BCUT2D eigenvalue weighted by atomic mass is 79.9. The average molecular weight is 427 g/mol. The van der Waals surface area contributed by atoms with Crippen LogP contribution in [0.3, 0.4) is 0 Å². The predicted molar refractivity (Wildman–Crippen MR) is 98.3 cm³/mol. The third kappa shape index (κ3) is 3.65. The molecule has 26 heavy (non-hydrogen) atoms. The average Bonchev–Trinajstić information content (AvgIpc) is 2.66. The Balaban J connectivity index is 2.48. The number of esters is 1. The van der Waals surface area contributed by atoms with Crippen molar-refractivity contribution in [1.29, 1.82) is 0 Å². The van der Waals surface area contributed by atoms with Gasteiger partial charge in [-0.25, -0.2) is 4.79 Å². The second-order valence-electron chi connectivity index (χ2n) is 4.89. The maximum absolute atomic E-state index is 12.7. The van der Waals surface area contributed by atoms with Gasteiger partial charge in [-0.3, -0.25) is 0 Å². The minimum atomic E-state index is -0.636. The summed E-state index contributed by atoms with van der Waals surface area (Å²) in [5.74, 6) is 1.35. The van der Waals surface area contributed by atoms with Crippen molar-refractivity contribution < 1.29 is 33.2 Å². The second-order valence-corrected chi connectivity index (χ2v) is 5.68. The zero-order valence-electron chi connectivity index (χ0n) is 15.0. The Bertz CT molecular complexity index is 805. The van der Waals surface area contributed by atoms with Gasteiger partial charge in [0.2, 0.25) is 11.5 Å². The van der Waals surface area contributed by atoms with Crippen LogP contribution in [0.25, 0.3) is 0 Å². The van der Waals surface area contributed by atoms with Crippen LogP contribution >= 0.6 is 15.9 Å². The number of methoxy groups -OCH3 is 5. The van der Waals surface area contributed by atoms with Gasteiger partial charge in [0.1, 0.15) is 0 Å². The molecule has 7 nitrogen and oxygen atoms in total. The zero-order valence-corrected chi connectivity index (χ0v) is 16.6. The van der Waals surface area contributed by atoms with Gasteiger partial charge in [0.15, 0.2) is 23.0 Å². The first-order valence-electron chi connectivity index (χ1n) is 7.43. The van der Waals surface area contributed by atoms with E-state index in [-0.39, 0.29) is 11.3 Å². The first-order chi connectivity index (χ1) is 12.5. The van der Waals surface area contributed by atoms with E-state index in [1.165, 1.54) is 41.6 Å². The maximum atomic E-state index is 12.7. The largest absolute Gasteiger partial charge is 0.493 e. The van der Waals surface area contributed by atoms with Crippen molar-refractivity contribution >= 4 is 21.9 Å². The van der Waals surface area contributed by atoms with Crippen LogP contribution in [0.1, 0.15) is 10.4 Å². The van der Waals surface area contributed by atoms with Gasteiger partial charge in [-0.15, -0.1) is 0 Å². The number of para-hydroxylation sites is 1. The van der Waals surface area contributed by atoms with Gasteiger partial charge in [-0.1, -0.05) is 6.07 Å². The van der Waals surface area contributed by atoms with Gasteiger partial charge >= 0.3 is 5.97 Å². The van der Waals surface area contributed by atoms with E-state index >= 15 is 0 Å². The summed E-state index contributed by atoms with van der Waals surface area (Å²) in [6.07, 6.45) is 0. The minimum Gasteiger partial charge on any atom is -0.493 e. The molecule has 0 bridgehead atoms. The number of carbonyl (C=O) groups excluding carboxylic acids is 1. The van der Waals surface area contributed by atoms with E-state index in [0.717, 1.165) is 0 Å². The number of rotatable bonds is 7. The molecule has 0 N–H and O–H groups in total. The van der Waals surface area contributed by atoms with E-state index in [9.17, 15) is 4.79 Å². The van der Waals surface area contributed by atoms with Crippen LogP contribution in [0.5, 0.6) is 34.5 Å². The molecule has 0 heterocycles. The molecule has 0 spiro atoms. The van der Waals surface area contributed by atoms with E-state index < -0.39 is 5.97 Å². The van der Waals surface area contributed by atoms with E-state index in [1.54, 1.807) is 18.2 Å². The third-order valence-electron chi connectivity index (χ3n) is 3.56. The number of ether oxygens (including phenoxy) is 6. The van der Waals surface area contributed by atoms with Gasteiger partial charge in [-0.05, 0) is 34.1 Å². The highest BCUT2D eigenvalue weighted by Gasteiger charge is 2.25. The summed E-state index contributed by atoms with van der Waals surface area (Å²) in [5, 5.41) is 0. The lowest BCUT2D eigenvalue weighted by Gasteiger charge is -2.17. The highest BCUT2D eigenvalue weighted by Crippen LogP contribution is 2.45. The van der Waals surface area contributed by atoms with Crippen molar-refractivity contribution in [2.45, 2.75) is 0 Å². The molecule has 0 saturated heterocycles. The Morgan fingerprint density at radius 1 is 0.769 bits per heavy atom. The molecule has 0 saturated carbocycles. The fourth-order valence-electron chi connectivity index (χ4n) is 2.36. The Kier molecular flexibility index (Phi) is 6.57. The third-order valence-corrected chi connectivity index (χ3v) is 4.35. The van der Waals surface area contributed by atoms with E-state index in [4.69, 9.17) is 28.4 Å². The topological polar surface area (TPSA) is 72.5 Å². The number of hydrogen-bond acceptors (Lipinski definition) is 7. The minimum absolute atomic E-state index is 0.198. The molecule has 0 amide bonds. The van der Waals surface area contributed by atoms with Crippen LogP contribution in [0, 0.1) is 0 Å². The zero-order chi connectivity index (χ0) is 19.3. The summed E-state index contributed by atoms with van der Waals surface area (Å²) in [6.45, 7) is 0. The van der Waals surface area contributed by atoms with Crippen LogP contribution < -0.4 is 28.4 Å². The molecule has 0 radical (unpaired) electrons. The van der Waals surface area contributed by atoms with Crippen LogP contribution in [-0.4, -0.2) is 41.5 Å². The summed E-state index contributed by atoms with van der Waals surface area (Å²) in [7, 11) is 7.36. The Hall–Kier alpha value is -2.61. The maximum Gasteiger partial charge on any atom is 0.345 e. The molecule has 2 rings (SSSR count). The number of halogens is 1. The SMILES string of the molecule is COc1cccc(OC(=O)c2cc(OC)c(OC)c(OC)c2Br)c1OC. The molecule has 0 aliphatic carbocycles. The van der Waals surface area contributed by atoms with Gasteiger partial charge in [0.25, 0.3) is 0 Å². The van der Waals surface area contributed by atoms with Crippen molar-refractivity contribution in [3.05, 3.63) is 34.3 Å². The lowest BCUT2D eigenvalue weighted by Crippen LogP contribution is -2.12. The molecule has 0 unspecified atom stereocenters. The number of benzene rings is 2. The highest BCUT2D eigenvalue weighted by molar-refractivity contribution is 9.10. The van der Waals surface area contributed by atoms with Crippen LogP contribution in [0.2, 0.25) is 0 Å². The smallest absolute Gasteiger partial charge is 0.345 e. The molecular weight excluding hydrogens is 408 g/mol. The summed E-state index contributed by atoms with van der Waals surface area (Å²) < 4.78 is 32.3. The molecule has 0 aliphatic rings. The lowest BCUT2D eigenvalue weighted by molar-refractivity contribution is 0.0727. The normalized spacial score (nSPS) is 10.1. The Labute approximate surface area is 159 Å². The van der Waals surface area contributed by atoms with Gasteiger partial charge < -0.3 is 28.4 Å². The molecule has 8 heteroatoms. The standard InChI is InChI=1S/C18H19BrO7/c1-21-11-7-6-8-12(15(11)23-3)26-18(20)10-9-13(22-2)16(24-4)17(25-5)14(10)19/h6-9H,1-5H3. The summed E-state index contributed by atoms with van der Waals surface area (Å²) in [5.41, 5.74) is 0.198. The van der Waals surface area contributed by atoms with Crippen LogP contribution in [-0.2, 0) is 0 Å². The van der Waals surface area contributed by atoms with Crippen molar-refractivity contribution in [3.63, 3.8) is 0 Å². The van der Waals surface area contributed by atoms with Crippen LogP contribution in [0.4, 0.5) is 0 Å². The molecule has 2 aromatic rings. The fraction of sp³-hybridized carbons (Fsp3) is 0.278. The van der Waals surface area contributed by atoms with E-state index in [1.807, 2.05) is 0 Å². The molecule has 140 valence electrons. The Morgan fingerprint density at radius 3 is 1.88 bits per heavy atom. The van der Waals surface area contributed by atoms with Gasteiger partial charge in [0, 0.05) is 0 Å². The van der Waals surface area contributed by atoms with Crippen molar-refractivity contribution in [3.8, 4) is 34.5 Å². The molecule has 0 aromatic heterocycles. The quantitative estimate of drug-likeness (QED) is 0.493. The second kappa shape index (κ2) is 8.66. The van der Waals surface area contributed by atoms with Gasteiger partial charge in [-0.2, -0.15) is 0 Å². The monoisotopic (exact) mass is 426 g/mol. The fourth-order valence-corrected chi connectivity index (χ4v) is 2.98. The van der Waals surface area contributed by atoms with E-state index in [2.05, 4.69) is 15.9 Å². The molecule has 2 aromatic carbocycles. The molecule has 0 aliphatic heterocycles. The first-order valence-corrected chi connectivity index (χ1v) is 8.23.